The third-order valence-electron chi connectivity index (χ3n) is 14.1. The van der Waals surface area contributed by atoms with Gasteiger partial charge in [-0.05, 0) is 92.3 Å². The van der Waals surface area contributed by atoms with E-state index in [2.05, 4.69) is 52.5 Å². The fourth-order valence-corrected chi connectivity index (χ4v) is 11.6. The van der Waals surface area contributed by atoms with Gasteiger partial charge in [0.25, 0.3) is 0 Å². The van der Waals surface area contributed by atoms with Gasteiger partial charge in [-0.15, -0.1) is 0 Å². The first-order chi connectivity index (χ1) is 22.2. The van der Waals surface area contributed by atoms with Gasteiger partial charge in [-0.2, -0.15) is 9.97 Å². The Kier molecular flexibility index (Phi) is 7.97. The van der Waals surface area contributed by atoms with E-state index in [1.165, 1.54) is 44.9 Å². The Bertz CT molecular complexity index is 1340. The van der Waals surface area contributed by atoms with Crippen LogP contribution in [0.3, 0.4) is 0 Å². The Morgan fingerprint density at radius 1 is 0.891 bits per heavy atom. The number of carbonyl (C=O) groups excluding carboxylic acids is 2. The van der Waals surface area contributed by atoms with Crippen molar-refractivity contribution in [2.75, 3.05) is 73.6 Å². The number of nitrogens with zero attached hydrogens (tertiary/aromatic N) is 6. The van der Waals surface area contributed by atoms with Gasteiger partial charge in [0.05, 0.1) is 6.54 Å². The maximum absolute atomic E-state index is 14.3. The van der Waals surface area contributed by atoms with Crippen LogP contribution >= 0.6 is 0 Å². The molecule has 0 aromatic carbocycles. The topological polar surface area (TPSA) is 72.9 Å². The number of ketones is 2. The molecule has 7 atom stereocenters. The summed E-state index contributed by atoms with van der Waals surface area (Å²) in [6.07, 6.45) is 14.7. The number of hydrogen-bond acceptors (Lipinski definition) is 8. The number of rotatable bonds is 6. The van der Waals surface area contributed by atoms with Crippen molar-refractivity contribution < 1.29 is 9.59 Å². The molecule has 8 nitrogen and oxygen atoms in total. The van der Waals surface area contributed by atoms with Crippen LogP contribution < -0.4 is 14.7 Å². The number of allylic oxidation sites excluding steroid dienone is 2. The predicted molar refractivity (Wildman–Crippen MR) is 183 cm³/mol. The summed E-state index contributed by atoms with van der Waals surface area (Å²) in [6.45, 7) is 15.8. The van der Waals surface area contributed by atoms with Gasteiger partial charge in [0.1, 0.15) is 17.4 Å². The minimum Gasteiger partial charge on any atom is -0.356 e. The van der Waals surface area contributed by atoms with Crippen molar-refractivity contribution in [1.82, 2.24) is 14.9 Å². The zero-order chi connectivity index (χ0) is 31.6. The summed E-state index contributed by atoms with van der Waals surface area (Å²) in [7, 11) is 0. The van der Waals surface area contributed by atoms with Gasteiger partial charge in [-0.3, -0.25) is 14.5 Å². The first kappa shape index (κ1) is 30.8. The molecule has 4 heterocycles. The van der Waals surface area contributed by atoms with E-state index in [1.807, 2.05) is 0 Å². The van der Waals surface area contributed by atoms with Crippen molar-refractivity contribution >= 4 is 29.2 Å². The van der Waals surface area contributed by atoms with E-state index in [1.54, 1.807) is 5.57 Å². The zero-order valence-electron chi connectivity index (χ0n) is 28.7. The number of piperazine rings is 1. The van der Waals surface area contributed by atoms with Gasteiger partial charge in [0, 0.05) is 77.2 Å². The van der Waals surface area contributed by atoms with Gasteiger partial charge >= 0.3 is 0 Å². The molecule has 1 aromatic heterocycles. The van der Waals surface area contributed by atoms with Crippen molar-refractivity contribution in [1.29, 1.82) is 0 Å². The van der Waals surface area contributed by atoms with Gasteiger partial charge in [-0.1, -0.05) is 32.4 Å². The maximum Gasteiger partial charge on any atom is 0.229 e. The Morgan fingerprint density at radius 3 is 2.24 bits per heavy atom. The molecule has 4 aliphatic carbocycles. The number of Topliss-reactive ketones (excluding diaryl/α,β-unsaturated/α-hetero) is 2. The van der Waals surface area contributed by atoms with Crippen LogP contribution in [0.2, 0.25) is 0 Å². The average molecular weight is 629 g/mol. The summed E-state index contributed by atoms with van der Waals surface area (Å²) in [5.74, 6) is 6.28. The van der Waals surface area contributed by atoms with E-state index in [0.29, 0.717) is 41.8 Å². The number of aromatic nitrogens is 2. The lowest BCUT2D eigenvalue weighted by Gasteiger charge is -2.55. The smallest absolute Gasteiger partial charge is 0.229 e. The summed E-state index contributed by atoms with van der Waals surface area (Å²) >= 11 is 0. The van der Waals surface area contributed by atoms with Gasteiger partial charge < -0.3 is 14.7 Å². The third-order valence-corrected chi connectivity index (χ3v) is 14.1. The second-order valence-corrected chi connectivity index (χ2v) is 16.7. The highest BCUT2D eigenvalue weighted by Crippen LogP contribution is 2.66. The Morgan fingerprint density at radius 2 is 1.54 bits per heavy atom. The molecule has 3 saturated heterocycles. The molecular weight excluding hydrogens is 572 g/mol. The molecule has 0 radical (unpaired) electrons. The highest BCUT2D eigenvalue weighted by atomic mass is 16.1. The summed E-state index contributed by atoms with van der Waals surface area (Å²) in [6, 6.07) is 2.22. The molecule has 8 heteroatoms. The maximum atomic E-state index is 14.3. The number of anilines is 3. The molecule has 1 unspecified atom stereocenters. The van der Waals surface area contributed by atoms with Crippen LogP contribution in [0.15, 0.2) is 17.7 Å². The number of hydrogen-bond donors (Lipinski definition) is 0. The number of carbonyl (C=O) groups is 2. The molecule has 3 saturated carbocycles. The molecule has 0 N–H and O–H groups in total. The van der Waals surface area contributed by atoms with Crippen LogP contribution in [0.25, 0.3) is 0 Å². The molecule has 250 valence electrons. The fourth-order valence-electron chi connectivity index (χ4n) is 11.6. The summed E-state index contributed by atoms with van der Waals surface area (Å²) < 4.78 is 0. The Labute approximate surface area is 276 Å². The van der Waals surface area contributed by atoms with Crippen molar-refractivity contribution in [3.8, 4) is 0 Å². The van der Waals surface area contributed by atoms with Gasteiger partial charge in [-0.25, -0.2) is 0 Å². The van der Waals surface area contributed by atoms with Crippen molar-refractivity contribution in [3.63, 3.8) is 0 Å². The third kappa shape index (κ3) is 5.20. The van der Waals surface area contributed by atoms with Gasteiger partial charge in [0.15, 0.2) is 5.78 Å². The second kappa shape index (κ2) is 11.9. The molecule has 0 bridgehead atoms. The Hall–Kier alpha value is -2.48. The zero-order valence-corrected chi connectivity index (χ0v) is 28.7. The summed E-state index contributed by atoms with van der Waals surface area (Å²) in [5, 5.41) is 0. The SMILES string of the molecule is C[C@@H]1C[C@H]2[C@@H]3CCC4CC(=O)CC[C@]4(C)C3=CC[C@]2(C)[C@H]1C(=O)CN1CCN(c2cc(N3CCCC3)nc(N3CCCC3)n2)CC1. The van der Waals surface area contributed by atoms with E-state index in [9.17, 15) is 9.59 Å². The van der Waals surface area contributed by atoms with Crippen LogP contribution in [-0.2, 0) is 9.59 Å². The number of fused-ring (bicyclic) bond motifs is 5. The van der Waals surface area contributed by atoms with E-state index in [-0.39, 0.29) is 16.7 Å². The van der Waals surface area contributed by atoms with Crippen molar-refractivity contribution in [2.45, 2.75) is 91.4 Å². The lowest BCUT2D eigenvalue weighted by atomic mass is 9.48. The van der Waals surface area contributed by atoms with Crippen LogP contribution in [0.4, 0.5) is 17.6 Å². The normalized spacial score (nSPS) is 38.1. The quantitative estimate of drug-likeness (QED) is 0.368. The van der Waals surface area contributed by atoms with Gasteiger partial charge in [0.2, 0.25) is 5.95 Å². The monoisotopic (exact) mass is 628 g/mol. The molecule has 1 aromatic rings. The molecular formula is C38H56N6O2. The largest absolute Gasteiger partial charge is 0.356 e. The minimum absolute atomic E-state index is 0.0546. The molecule has 8 rings (SSSR count). The molecule has 3 aliphatic heterocycles. The molecule has 7 aliphatic rings. The Balaban J connectivity index is 0.939. The highest BCUT2D eigenvalue weighted by Gasteiger charge is 2.60. The average Bonchev–Trinajstić information content (AvgIpc) is 3.83. The van der Waals surface area contributed by atoms with E-state index in [4.69, 9.17) is 9.97 Å². The summed E-state index contributed by atoms with van der Waals surface area (Å²) in [5.41, 5.74) is 1.91. The molecule has 0 amide bonds. The highest BCUT2D eigenvalue weighted by molar-refractivity contribution is 5.84. The van der Waals surface area contributed by atoms with E-state index in [0.717, 1.165) is 95.6 Å². The van der Waals surface area contributed by atoms with Crippen LogP contribution in [-0.4, -0.2) is 85.3 Å². The van der Waals surface area contributed by atoms with Crippen LogP contribution in [0.5, 0.6) is 0 Å². The van der Waals surface area contributed by atoms with Crippen LogP contribution in [0.1, 0.15) is 91.4 Å². The molecule has 0 spiro atoms. The molecule has 46 heavy (non-hydrogen) atoms. The van der Waals surface area contributed by atoms with Crippen molar-refractivity contribution in [3.05, 3.63) is 17.7 Å². The summed E-state index contributed by atoms with van der Waals surface area (Å²) in [4.78, 5) is 46.4. The van der Waals surface area contributed by atoms with E-state index < -0.39 is 0 Å². The predicted octanol–water partition coefficient (Wildman–Crippen LogP) is 5.76. The van der Waals surface area contributed by atoms with Crippen LogP contribution in [0, 0.1) is 40.4 Å². The lowest BCUT2D eigenvalue weighted by Crippen LogP contribution is -2.51. The first-order valence-corrected chi connectivity index (χ1v) is 18.8. The fraction of sp³-hybridized carbons (Fsp3) is 0.789. The van der Waals surface area contributed by atoms with E-state index >= 15 is 0 Å². The van der Waals surface area contributed by atoms with Crippen molar-refractivity contribution in [2.24, 2.45) is 40.4 Å². The minimum atomic E-state index is 0.0546. The standard InChI is InChI=1S/C38H56N6O2/c1-26-22-31-29-9-8-27-23-28(45)10-12-37(27,2)30(29)11-13-38(31,3)35(26)32(46)25-41-18-20-43(21-19-41)34-24-33(42-14-4-5-15-42)39-36(40-34)44-16-6-7-17-44/h11,24,26-27,29,31,35H,4-10,12-23,25H2,1-3H3/t26-,27?,29-,31+,35-,37+,38+/m1/s1. The first-order valence-electron chi connectivity index (χ1n) is 18.8. The second-order valence-electron chi connectivity index (χ2n) is 16.7. The molecule has 6 fully saturated rings. The lowest BCUT2D eigenvalue weighted by molar-refractivity contribution is -0.130.